The van der Waals surface area contributed by atoms with E-state index in [0.29, 0.717) is 51.9 Å². The smallest absolute Gasteiger partial charge is 0.430 e. The predicted octanol–water partition coefficient (Wildman–Crippen LogP) is 1.68. The summed E-state index contributed by atoms with van der Waals surface area (Å²) in [6, 6.07) is 6.06. The van der Waals surface area contributed by atoms with E-state index in [0.717, 1.165) is 5.56 Å². The van der Waals surface area contributed by atoms with Crippen molar-refractivity contribution in [3.8, 4) is 0 Å². The number of rotatable bonds is 4. The summed E-state index contributed by atoms with van der Waals surface area (Å²) >= 11 is 0. The molecule has 3 heterocycles. The van der Waals surface area contributed by atoms with Crippen molar-refractivity contribution in [1.82, 2.24) is 9.80 Å². The van der Waals surface area contributed by atoms with Crippen LogP contribution in [-0.4, -0.2) is 71.0 Å². The molecule has 1 aromatic rings. The zero-order valence-corrected chi connectivity index (χ0v) is 15.7. The average molecular weight is 392 g/mol. The van der Waals surface area contributed by atoms with Gasteiger partial charge in [0.2, 0.25) is 0 Å². The second-order valence-electron chi connectivity index (χ2n) is 8.09. The number of halogens is 1. The van der Waals surface area contributed by atoms with Gasteiger partial charge in [0, 0.05) is 45.6 Å². The molecule has 1 atom stereocenters. The third kappa shape index (κ3) is 3.84. The van der Waals surface area contributed by atoms with Crippen molar-refractivity contribution >= 4 is 12.1 Å². The van der Waals surface area contributed by atoms with Crippen LogP contribution < -0.4 is 0 Å². The number of carbonyl (C=O) groups excluding carboxylic acids is 2. The van der Waals surface area contributed by atoms with Gasteiger partial charge in [-0.2, -0.15) is 0 Å². The molecule has 0 aromatic heterocycles. The number of ether oxygens (including phenoxy) is 2. The molecular weight excluding hydrogens is 367 g/mol. The van der Waals surface area contributed by atoms with Gasteiger partial charge in [-0.1, -0.05) is 12.1 Å². The molecule has 1 amide bonds. The van der Waals surface area contributed by atoms with E-state index < -0.39 is 17.4 Å². The molecule has 7 nitrogen and oxygen atoms in total. The fraction of sp³-hybridized carbons (Fsp3) is 0.600. The van der Waals surface area contributed by atoms with E-state index in [4.69, 9.17) is 9.47 Å². The molecule has 3 fully saturated rings. The second kappa shape index (κ2) is 7.33. The van der Waals surface area contributed by atoms with Gasteiger partial charge in [-0.15, -0.1) is 0 Å². The molecule has 3 aliphatic rings. The van der Waals surface area contributed by atoms with Crippen LogP contribution in [0.25, 0.3) is 0 Å². The van der Waals surface area contributed by atoms with E-state index in [1.807, 2.05) is 0 Å². The normalized spacial score (nSPS) is 27.7. The fourth-order valence-electron chi connectivity index (χ4n) is 4.33. The Morgan fingerprint density at radius 1 is 1.07 bits per heavy atom. The van der Waals surface area contributed by atoms with E-state index in [1.165, 1.54) is 12.1 Å². The summed E-state index contributed by atoms with van der Waals surface area (Å²) < 4.78 is 23.3. The number of β-amino-alcohol motifs (C(OH)–C–C–N with tert-alkyl or cyclic N) is 1. The van der Waals surface area contributed by atoms with Crippen molar-refractivity contribution in [2.24, 2.45) is 0 Å². The highest BCUT2D eigenvalue weighted by molar-refractivity contribution is 5.86. The highest BCUT2D eigenvalue weighted by atomic mass is 19.1. The van der Waals surface area contributed by atoms with Gasteiger partial charge >= 0.3 is 6.16 Å². The Bertz CT molecular complexity index is 747. The maximum Gasteiger partial charge on any atom is 0.509 e. The third-order valence-electron chi connectivity index (χ3n) is 6.00. The lowest BCUT2D eigenvalue weighted by Crippen LogP contribution is -2.60. The van der Waals surface area contributed by atoms with Gasteiger partial charge in [0.05, 0.1) is 0 Å². The average Bonchev–Trinajstić information content (AvgIpc) is 3.04. The Balaban J connectivity index is 1.36. The molecule has 4 rings (SSSR count). The molecule has 3 saturated heterocycles. The summed E-state index contributed by atoms with van der Waals surface area (Å²) in [5, 5.41) is 11.1. The number of amides is 1. The number of aliphatic hydroxyl groups is 1. The molecular formula is C20H25FN2O5. The Morgan fingerprint density at radius 3 is 2.43 bits per heavy atom. The minimum Gasteiger partial charge on any atom is -0.430 e. The van der Waals surface area contributed by atoms with Crippen molar-refractivity contribution in [2.45, 2.75) is 43.4 Å². The van der Waals surface area contributed by atoms with Gasteiger partial charge in [-0.05, 0) is 30.5 Å². The van der Waals surface area contributed by atoms with Gasteiger partial charge in [0.25, 0.3) is 5.91 Å². The van der Waals surface area contributed by atoms with Crippen molar-refractivity contribution in [2.75, 3.05) is 32.8 Å². The second-order valence-corrected chi connectivity index (χ2v) is 8.09. The van der Waals surface area contributed by atoms with Gasteiger partial charge in [0.1, 0.15) is 12.4 Å². The van der Waals surface area contributed by atoms with Gasteiger partial charge < -0.3 is 19.5 Å². The molecule has 0 radical (unpaired) electrons. The van der Waals surface area contributed by atoms with Crippen LogP contribution in [0, 0.1) is 5.82 Å². The highest BCUT2D eigenvalue weighted by Crippen LogP contribution is 2.33. The number of piperidine rings is 2. The van der Waals surface area contributed by atoms with Gasteiger partial charge in [-0.3, -0.25) is 9.69 Å². The molecule has 1 aromatic carbocycles. The van der Waals surface area contributed by atoms with Crippen LogP contribution in [0.1, 0.15) is 31.2 Å². The van der Waals surface area contributed by atoms with Crippen molar-refractivity contribution in [1.29, 1.82) is 0 Å². The van der Waals surface area contributed by atoms with Crippen LogP contribution in [0.2, 0.25) is 0 Å². The number of cyclic esters (lactones) is 1. The summed E-state index contributed by atoms with van der Waals surface area (Å²) in [6.45, 7) is 2.73. The first kappa shape index (κ1) is 19.1. The van der Waals surface area contributed by atoms with E-state index in [-0.39, 0.29) is 24.9 Å². The number of nitrogens with zero attached hydrogens (tertiary/aromatic N) is 2. The summed E-state index contributed by atoms with van der Waals surface area (Å²) in [4.78, 5) is 27.9. The Morgan fingerprint density at radius 2 is 1.79 bits per heavy atom. The topological polar surface area (TPSA) is 79.3 Å². The maximum absolute atomic E-state index is 13.1. The SMILES string of the molecule is O=C1OCC2(CCN(C[C@]3(O)CCCN(Cc4ccc(F)cc4)C3=O)CC2)O1. The van der Waals surface area contributed by atoms with Crippen molar-refractivity contribution < 1.29 is 28.6 Å². The number of hydrogen-bond acceptors (Lipinski definition) is 6. The first-order chi connectivity index (χ1) is 13.4. The largest absolute Gasteiger partial charge is 0.509 e. The number of benzene rings is 1. The molecule has 1 spiro atoms. The zero-order valence-electron chi connectivity index (χ0n) is 15.7. The van der Waals surface area contributed by atoms with Crippen LogP contribution in [0.15, 0.2) is 24.3 Å². The zero-order chi connectivity index (χ0) is 19.8. The molecule has 1 N–H and O–H groups in total. The number of carbonyl (C=O) groups is 2. The van der Waals surface area contributed by atoms with Gasteiger partial charge in [-0.25, -0.2) is 9.18 Å². The molecule has 0 saturated carbocycles. The highest BCUT2D eigenvalue weighted by Gasteiger charge is 2.48. The Hall–Kier alpha value is -2.19. The van der Waals surface area contributed by atoms with Crippen LogP contribution in [0.4, 0.5) is 9.18 Å². The number of hydrogen-bond donors (Lipinski definition) is 1. The first-order valence-corrected chi connectivity index (χ1v) is 9.72. The maximum atomic E-state index is 13.1. The van der Waals surface area contributed by atoms with Crippen molar-refractivity contribution in [3.63, 3.8) is 0 Å². The lowest BCUT2D eigenvalue weighted by atomic mass is 9.88. The van der Waals surface area contributed by atoms with Crippen LogP contribution >= 0.6 is 0 Å². The lowest BCUT2D eigenvalue weighted by molar-refractivity contribution is -0.161. The summed E-state index contributed by atoms with van der Waals surface area (Å²) in [5.74, 6) is -0.592. The molecule has 152 valence electrons. The van der Waals surface area contributed by atoms with E-state index in [9.17, 15) is 19.1 Å². The van der Waals surface area contributed by atoms with E-state index >= 15 is 0 Å². The standard InChI is InChI=1S/C20H25FN2O5/c21-16-4-2-15(3-5-16)12-23-9-1-6-20(26,17(23)24)13-22-10-7-19(8-11-22)14-27-18(25)28-19/h2-5,26H,1,6-14H2/t20-/m1/s1. The summed E-state index contributed by atoms with van der Waals surface area (Å²) in [5.41, 5.74) is -1.14. The van der Waals surface area contributed by atoms with Crippen molar-refractivity contribution in [3.05, 3.63) is 35.6 Å². The fourth-order valence-corrected chi connectivity index (χ4v) is 4.33. The van der Waals surface area contributed by atoms with E-state index in [2.05, 4.69) is 4.90 Å². The molecule has 8 heteroatoms. The first-order valence-electron chi connectivity index (χ1n) is 9.72. The minimum absolute atomic E-state index is 0.261. The summed E-state index contributed by atoms with van der Waals surface area (Å²) in [7, 11) is 0. The van der Waals surface area contributed by atoms with Crippen LogP contribution in [0.5, 0.6) is 0 Å². The number of likely N-dealkylation sites (tertiary alicyclic amines) is 2. The monoisotopic (exact) mass is 392 g/mol. The molecule has 3 aliphatic heterocycles. The molecule has 28 heavy (non-hydrogen) atoms. The lowest BCUT2D eigenvalue weighted by Gasteiger charge is -2.43. The van der Waals surface area contributed by atoms with E-state index in [1.54, 1.807) is 17.0 Å². The molecule has 0 unspecified atom stereocenters. The quantitative estimate of drug-likeness (QED) is 0.786. The summed E-state index contributed by atoms with van der Waals surface area (Å²) in [6.07, 6.45) is 1.77. The molecule has 0 aliphatic carbocycles. The predicted molar refractivity (Wildman–Crippen MR) is 96.8 cm³/mol. The van der Waals surface area contributed by atoms with Gasteiger partial charge in [0.15, 0.2) is 11.2 Å². The molecule has 0 bridgehead atoms. The minimum atomic E-state index is -1.42. The van der Waals surface area contributed by atoms with Crippen LogP contribution in [-0.2, 0) is 20.8 Å². The third-order valence-corrected chi connectivity index (χ3v) is 6.00. The Labute approximate surface area is 163 Å². The Kier molecular flexibility index (Phi) is 5.01. The van der Waals surface area contributed by atoms with Crippen LogP contribution in [0.3, 0.4) is 0 Å².